The fourth-order valence-corrected chi connectivity index (χ4v) is 6.00. The van der Waals surface area contributed by atoms with E-state index >= 15 is 0 Å². The molecule has 0 bridgehead atoms. The predicted molar refractivity (Wildman–Crippen MR) is 167 cm³/mol. The van der Waals surface area contributed by atoms with E-state index in [1.165, 1.54) is 0 Å². The maximum atomic E-state index is 13.3. The lowest BCUT2D eigenvalue weighted by molar-refractivity contribution is 0.0695. The number of benzene rings is 2. The number of aromatic nitrogens is 2. The summed E-state index contributed by atoms with van der Waals surface area (Å²) in [6, 6.07) is 21.6. The molecule has 1 saturated heterocycles. The third-order valence-corrected chi connectivity index (χ3v) is 8.61. The van der Waals surface area contributed by atoms with Gasteiger partial charge in [-0.3, -0.25) is 10.1 Å². The lowest BCUT2D eigenvalue weighted by Gasteiger charge is -2.32. The van der Waals surface area contributed by atoms with Gasteiger partial charge in [-0.15, -0.1) is 11.3 Å². The van der Waals surface area contributed by atoms with Gasteiger partial charge in [0.15, 0.2) is 0 Å². The molecule has 3 heterocycles. The first-order valence-corrected chi connectivity index (χ1v) is 15.1. The number of para-hydroxylation sites is 1. The van der Waals surface area contributed by atoms with Crippen LogP contribution < -0.4 is 10.6 Å². The number of carbonyl (C=O) groups excluding carboxylic acids is 2. The zero-order valence-electron chi connectivity index (χ0n) is 24.5. The number of urea groups is 1. The topological polar surface area (TPSA) is 79.3 Å². The molecule has 0 radical (unpaired) electrons. The summed E-state index contributed by atoms with van der Waals surface area (Å²) in [4.78, 5) is 30.1. The Bertz CT molecular complexity index is 1520. The van der Waals surface area contributed by atoms with E-state index in [0.717, 1.165) is 70.3 Å². The van der Waals surface area contributed by atoms with Crippen molar-refractivity contribution in [3.05, 3.63) is 93.3 Å². The zero-order valence-corrected chi connectivity index (χ0v) is 25.3. The van der Waals surface area contributed by atoms with Crippen molar-refractivity contribution in [3.8, 4) is 5.69 Å². The van der Waals surface area contributed by atoms with Gasteiger partial charge in [0.1, 0.15) is 5.82 Å². The minimum Gasteiger partial charge on any atom is -0.338 e. The first-order chi connectivity index (χ1) is 19.6. The molecular weight excluding hydrogens is 530 g/mol. The Morgan fingerprint density at radius 1 is 0.951 bits per heavy atom. The number of hydrogen-bond donors (Lipinski definition) is 2. The van der Waals surface area contributed by atoms with Gasteiger partial charge in [-0.25, -0.2) is 9.48 Å². The molecule has 0 atom stereocenters. The Labute approximate surface area is 246 Å². The van der Waals surface area contributed by atoms with Gasteiger partial charge in [-0.2, -0.15) is 5.10 Å². The van der Waals surface area contributed by atoms with Gasteiger partial charge in [0.05, 0.1) is 16.3 Å². The van der Waals surface area contributed by atoms with Crippen LogP contribution in [0.1, 0.15) is 65.0 Å². The van der Waals surface area contributed by atoms with E-state index in [2.05, 4.69) is 37.5 Å². The number of aryl methyl sites for hydroxylation is 2. The number of anilines is 2. The second-order valence-corrected chi connectivity index (χ2v) is 13.3. The summed E-state index contributed by atoms with van der Waals surface area (Å²) in [7, 11) is 0. The Kier molecular flexibility index (Phi) is 8.31. The SMILES string of the molecule is Cc1ccc(-n2nc(C(C)(C)C)cc2NC(=O)Nc2ccccc2CC2CCN(C(=O)c3ccc(C)s3)CC2)cc1. The average molecular weight is 570 g/mol. The van der Waals surface area contributed by atoms with Gasteiger partial charge < -0.3 is 10.2 Å². The second kappa shape index (κ2) is 11.9. The van der Waals surface area contributed by atoms with Gasteiger partial charge >= 0.3 is 6.03 Å². The van der Waals surface area contributed by atoms with Gasteiger partial charge in [0.25, 0.3) is 5.91 Å². The molecule has 4 aromatic rings. The summed E-state index contributed by atoms with van der Waals surface area (Å²) in [6.07, 6.45) is 2.75. The van der Waals surface area contributed by atoms with Crippen LogP contribution >= 0.6 is 11.3 Å². The molecule has 41 heavy (non-hydrogen) atoms. The van der Waals surface area contributed by atoms with Crippen molar-refractivity contribution in [1.82, 2.24) is 14.7 Å². The molecular formula is C33H39N5O2S. The number of hydrogen-bond acceptors (Lipinski definition) is 4. The van der Waals surface area contributed by atoms with Crippen molar-refractivity contribution in [2.45, 2.75) is 59.3 Å². The summed E-state index contributed by atoms with van der Waals surface area (Å²) in [5.41, 5.74) is 4.68. The highest BCUT2D eigenvalue weighted by Gasteiger charge is 2.26. The highest BCUT2D eigenvalue weighted by Crippen LogP contribution is 2.29. The molecule has 2 aromatic carbocycles. The zero-order chi connectivity index (χ0) is 29.1. The third-order valence-electron chi connectivity index (χ3n) is 7.62. The molecule has 0 saturated carbocycles. The van der Waals surface area contributed by atoms with E-state index in [1.807, 2.05) is 79.4 Å². The molecule has 1 aliphatic rings. The molecule has 0 spiro atoms. The summed E-state index contributed by atoms with van der Waals surface area (Å²) in [5.74, 6) is 1.21. The first-order valence-electron chi connectivity index (χ1n) is 14.3. The van der Waals surface area contributed by atoms with Crippen molar-refractivity contribution >= 4 is 34.8 Å². The molecule has 2 aromatic heterocycles. The van der Waals surface area contributed by atoms with Crippen LogP contribution in [-0.4, -0.2) is 39.7 Å². The van der Waals surface area contributed by atoms with Crippen molar-refractivity contribution in [1.29, 1.82) is 0 Å². The molecule has 2 N–H and O–H groups in total. The van der Waals surface area contributed by atoms with E-state index in [9.17, 15) is 9.59 Å². The number of nitrogens with zero attached hydrogens (tertiary/aromatic N) is 3. The third kappa shape index (κ3) is 6.88. The van der Waals surface area contributed by atoms with Crippen LogP contribution in [0.3, 0.4) is 0 Å². The second-order valence-electron chi connectivity index (χ2n) is 12.0. The normalized spacial score (nSPS) is 14.2. The molecule has 0 aliphatic carbocycles. The Morgan fingerprint density at radius 2 is 1.66 bits per heavy atom. The summed E-state index contributed by atoms with van der Waals surface area (Å²) in [5, 5.41) is 10.9. The van der Waals surface area contributed by atoms with E-state index < -0.39 is 0 Å². The maximum absolute atomic E-state index is 13.3. The van der Waals surface area contributed by atoms with Crippen molar-refractivity contribution in [2.24, 2.45) is 5.92 Å². The van der Waals surface area contributed by atoms with E-state index in [-0.39, 0.29) is 17.4 Å². The average Bonchev–Trinajstić information content (AvgIpc) is 3.57. The van der Waals surface area contributed by atoms with Crippen molar-refractivity contribution in [2.75, 3.05) is 23.7 Å². The van der Waals surface area contributed by atoms with Crippen LogP contribution in [0.2, 0.25) is 0 Å². The monoisotopic (exact) mass is 569 g/mol. The van der Waals surface area contributed by atoms with Gasteiger partial charge in [-0.1, -0.05) is 56.7 Å². The quantitative estimate of drug-likeness (QED) is 0.251. The van der Waals surface area contributed by atoms with Crippen LogP contribution in [0.4, 0.5) is 16.3 Å². The van der Waals surface area contributed by atoms with E-state index in [1.54, 1.807) is 16.0 Å². The van der Waals surface area contributed by atoms with Crippen LogP contribution in [0.15, 0.2) is 66.7 Å². The highest BCUT2D eigenvalue weighted by atomic mass is 32.1. The Hall–Kier alpha value is -3.91. The Balaban J connectivity index is 1.25. The van der Waals surface area contributed by atoms with Crippen LogP contribution in [0.25, 0.3) is 5.69 Å². The molecule has 7 nitrogen and oxygen atoms in total. The van der Waals surface area contributed by atoms with Gasteiger partial charge in [0, 0.05) is 35.1 Å². The minimum atomic E-state index is -0.308. The summed E-state index contributed by atoms with van der Waals surface area (Å²) in [6.45, 7) is 11.9. The standard InChI is InChI=1S/C33H39N5O2S/c1-22-10-13-26(14-11-22)38-30(21-29(36-38)33(3,4)5)35-32(40)34-27-9-7-6-8-25(27)20-24-16-18-37(19-17-24)31(39)28-15-12-23(2)41-28/h6-15,21,24H,16-20H2,1-5H3,(H2,34,35,40). The number of thiophene rings is 1. The number of nitrogens with one attached hydrogen (secondary N) is 2. The minimum absolute atomic E-state index is 0.139. The molecule has 3 amide bonds. The number of carbonyl (C=O) groups is 2. The molecule has 1 aliphatic heterocycles. The fourth-order valence-electron chi connectivity index (χ4n) is 5.17. The highest BCUT2D eigenvalue weighted by molar-refractivity contribution is 7.13. The van der Waals surface area contributed by atoms with Crippen molar-refractivity contribution < 1.29 is 9.59 Å². The van der Waals surface area contributed by atoms with Gasteiger partial charge in [-0.05, 0) is 74.9 Å². The summed E-state index contributed by atoms with van der Waals surface area (Å²) >= 11 is 1.56. The first kappa shape index (κ1) is 28.6. The number of piperidine rings is 1. The number of amides is 3. The van der Waals surface area contributed by atoms with Crippen LogP contribution in [-0.2, 0) is 11.8 Å². The predicted octanol–water partition coefficient (Wildman–Crippen LogP) is 7.59. The number of likely N-dealkylation sites (tertiary alicyclic amines) is 1. The molecule has 8 heteroatoms. The molecule has 0 unspecified atom stereocenters. The van der Waals surface area contributed by atoms with Crippen LogP contribution in [0, 0.1) is 19.8 Å². The largest absolute Gasteiger partial charge is 0.338 e. The summed E-state index contributed by atoms with van der Waals surface area (Å²) < 4.78 is 1.79. The lowest BCUT2D eigenvalue weighted by Crippen LogP contribution is -2.38. The molecule has 1 fully saturated rings. The lowest BCUT2D eigenvalue weighted by atomic mass is 9.89. The van der Waals surface area contributed by atoms with E-state index in [0.29, 0.717) is 11.7 Å². The smallest absolute Gasteiger partial charge is 0.324 e. The van der Waals surface area contributed by atoms with Gasteiger partial charge in [0.2, 0.25) is 0 Å². The van der Waals surface area contributed by atoms with E-state index in [4.69, 9.17) is 5.10 Å². The fraction of sp³-hybridized carbons (Fsp3) is 0.364. The van der Waals surface area contributed by atoms with Crippen molar-refractivity contribution in [3.63, 3.8) is 0 Å². The molecule has 214 valence electrons. The Morgan fingerprint density at radius 3 is 2.32 bits per heavy atom. The maximum Gasteiger partial charge on any atom is 0.324 e. The van der Waals surface area contributed by atoms with Crippen LogP contribution in [0.5, 0.6) is 0 Å². The molecule has 5 rings (SSSR count). The number of rotatable bonds is 6.